The number of nitrogens with one attached hydrogen (secondary N) is 1. The van der Waals surface area contributed by atoms with Gasteiger partial charge in [-0.1, -0.05) is 0 Å². The highest BCUT2D eigenvalue weighted by Crippen LogP contribution is 2.25. The first-order valence-corrected chi connectivity index (χ1v) is 6.91. The molecule has 0 aliphatic carbocycles. The predicted molar refractivity (Wildman–Crippen MR) is 61.2 cm³/mol. The second kappa shape index (κ2) is 4.94. The molecule has 90 valence electrons. The molecule has 0 unspecified atom stereocenters. The van der Waals surface area contributed by atoms with Crippen LogP contribution in [0, 0.1) is 13.8 Å². The Kier molecular flexibility index (Phi) is 4.06. The summed E-state index contributed by atoms with van der Waals surface area (Å²) in [6.07, 6.45) is -0.220. The van der Waals surface area contributed by atoms with Crippen molar-refractivity contribution in [1.29, 1.82) is 0 Å². The predicted octanol–water partition coefficient (Wildman–Crippen LogP) is 1.12. The van der Waals surface area contributed by atoms with E-state index in [0.29, 0.717) is 5.56 Å². The monoisotopic (exact) mass is 263 g/mol. The van der Waals surface area contributed by atoms with Crippen LogP contribution in [0.3, 0.4) is 0 Å². The molecular weight excluding hydrogens is 250 g/mol. The Morgan fingerprint density at radius 1 is 1.50 bits per heavy atom. The molecule has 0 aliphatic heterocycles. The van der Waals surface area contributed by atoms with Gasteiger partial charge in [0.1, 0.15) is 4.21 Å². The maximum absolute atomic E-state index is 11.8. The van der Waals surface area contributed by atoms with Crippen molar-refractivity contribution in [3.05, 3.63) is 16.5 Å². The van der Waals surface area contributed by atoms with Crippen LogP contribution in [-0.4, -0.2) is 26.0 Å². The average Bonchev–Trinajstić information content (AvgIpc) is 2.44. The van der Waals surface area contributed by atoms with Gasteiger partial charge in [0, 0.05) is 11.4 Å². The van der Waals surface area contributed by atoms with Gasteiger partial charge in [-0.05, 0) is 25.5 Å². The largest absolute Gasteiger partial charge is 0.481 e. The van der Waals surface area contributed by atoms with Crippen LogP contribution < -0.4 is 4.72 Å². The standard InChI is InChI=1S/C9H13NO4S2/c1-6-5-7(2)15-9(6)16(13,14)10-4-3-8(11)12/h5,10H,3-4H2,1-2H3,(H,11,12). The van der Waals surface area contributed by atoms with Gasteiger partial charge in [0.25, 0.3) is 0 Å². The molecule has 0 radical (unpaired) electrons. The van der Waals surface area contributed by atoms with Crippen LogP contribution in [0.25, 0.3) is 0 Å². The molecule has 5 nitrogen and oxygen atoms in total. The first-order chi connectivity index (χ1) is 7.33. The minimum atomic E-state index is -3.56. The summed E-state index contributed by atoms with van der Waals surface area (Å²) in [6.45, 7) is 3.46. The summed E-state index contributed by atoms with van der Waals surface area (Å²) in [5, 5.41) is 8.41. The van der Waals surface area contributed by atoms with Gasteiger partial charge in [-0.15, -0.1) is 11.3 Å². The number of hydrogen-bond donors (Lipinski definition) is 2. The fourth-order valence-corrected chi connectivity index (χ4v) is 3.99. The maximum atomic E-state index is 11.8. The highest BCUT2D eigenvalue weighted by atomic mass is 32.2. The van der Waals surface area contributed by atoms with Crippen molar-refractivity contribution in [3.8, 4) is 0 Å². The summed E-state index contributed by atoms with van der Waals surface area (Å²) in [7, 11) is -3.56. The first kappa shape index (κ1) is 13.1. The number of rotatable bonds is 5. The third-order valence-electron chi connectivity index (χ3n) is 1.87. The summed E-state index contributed by atoms with van der Waals surface area (Å²) in [5.41, 5.74) is 0.685. The smallest absolute Gasteiger partial charge is 0.304 e. The van der Waals surface area contributed by atoms with Crippen LogP contribution in [-0.2, 0) is 14.8 Å². The Labute approximate surface area is 98.2 Å². The number of aryl methyl sites for hydroxylation is 2. The molecule has 0 bridgehead atoms. The summed E-state index contributed by atoms with van der Waals surface area (Å²) in [6, 6.07) is 1.79. The number of sulfonamides is 1. The molecule has 0 aromatic carbocycles. The zero-order valence-corrected chi connectivity index (χ0v) is 10.6. The third-order valence-corrected chi connectivity index (χ3v) is 5.12. The lowest BCUT2D eigenvalue weighted by Crippen LogP contribution is -2.26. The highest BCUT2D eigenvalue weighted by Gasteiger charge is 2.19. The second-order valence-corrected chi connectivity index (χ2v) is 6.59. The number of hydrogen-bond acceptors (Lipinski definition) is 4. The fraction of sp³-hybridized carbons (Fsp3) is 0.444. The molecule has 0 fully saturated rings. The molecule has 1 rings (SSSR count). The number of carboxylic acid groups (broad SMARTS) is 1. The van der Waals surface area contributed by atoms with E-state index in [0.717, 1.165) is 4.88 Å². The molecule has 1 aromatic heterocycles. The minimum Gasteiger partial charge on any atom is -0.481 e. The molecule has 0 spiro atoms. The van der Waals surface area contributed by atoms with Crippen molar-refractivity contribution in [3.63, 3.8) is 0 Å². The van der Waals surface area contributed by atoms with E-state index in [1.165, 1.54) is 11.3 Å². The van der Waals surface area contributed by atoms with Crippen LogP contribution >= 0.6 is 11.3 Å². The van der Waals surface area contributed by atoms with Crippen LogP contribution in [0.1, 0.15) is 16.9 Å². The molecule has 7 heteroatoms. The molecule has 16 heavy (non-hydrogen) atoms. The average molecular weight is 263 g/mol. The lowest BCUT2D eigenvalue weighted by Gasteiger charge is -2.03. The van der Waals surface area contributed by atoms with Crippen LogP contribution in [0.5, 0.6) is 0 Å². The van der Waals surface area contributed by atoms with E-state index < -0.39 is 16.0 Å². The van der Waals surface area contributed by atoms with Gasteiger partial charge < -0.3 is 5.11 Å². The third kappa shape index (κ3) is 3.29. The lowest BCUT2D eigenvalue weighted by molar-refractivity contribution is -0.136. The van der Waals surface area contributed by atoms with E-state index in [1.807, 2.05) is 6.92 Å². The molecule has 0 saturated heterocycles. The van der Waals surface area contributed by atoms with E-state index in [9.17, 15) is 13.2 Å². The normalized spacial score (nSPS) is 11.6. The Morgan fingerprint density at radius 2 is 2.12 bits per heavy atom. The van der Waals surface area contributed by atoms with Gasteiger partial charge in [0.05, 0.1) is 6.42 Å². The number of aliphatic carboxylic acids is 1. The van der Waals surface area contributed by atoms with Gasteiger partial charge in [-0.25, -0.2) is 13.1 Å². The topological polar surface area (TPSA) is 83.5 Å². The van der Waals surface area contributed by atoms with Crippen molar-refractivity contribution >= 4 is 27.3 Å². The van der Waals surface area contributed by atoms with E-state index >= 15 is 0 Å². The van der Waals surface area contributed by atoms with Crippen molar-refractivity contribution in [1.82, 2.24) is 4.72 Å². The molecule has 1 heterocycles. The minimum absolute atomic E-state index is 0.0892. The zero-order chi connectivity index (χ0) is 12.3. The fourth-order valence-electron chi connectivity index (χ4n) is 1.24. The van der Waals surface area contributed by atoms with Gasteiger partial charge in [-0.3, -0.25) is 4.79 Å². The van der Waals surface area contributed by atoms with Crippen LogP contribution in [0.2, 0.25) is 0 Å². The van der Waals surface area contributed by atoms with Gasteiger partial charge in [-0.2, -0.15) is 0 Å². The van der Waals surface area contributed by atoms with Crippen molar-refractivity contribution in [2.24, 2.45) is 0 Å². The quantitative estimate of drug-likeness (QED) is 0.833. The lowest BCUT2D eigenvalue weighted by atomic mass is 10.4. The van der Waals surface area contributed by atoms with Gasteiger partial charge in [0.15, 0.2) is 0 Å². The van der Waals surface area contributed by atoms with E-state index in [-0.39, 0.29) is 17.2 Å². The highest BCUT2D eigenvalue weighted by molar-refractivity contribution is 7.91. The zero-order valence-electron chi connectivity index (χ0n) is 8.98. The van der Waals surface area contributed by atoms with E-state index in [4.69, 9.17) is 5.11 Å². The Morgan fingerprint density at radius 3 is 2.56 bits per heavy atom. The van der Waals surface area contributed by atoms with Crippen molar-refractivity contribution < 1.29 is 18.3 Å². The molecule has 0 saturated carbocycles. The van der Waals surface area contributed by atoms with Gasteiger partial charge in [0.2, 0.25) is 10.0 Å². The van der Waals surface area contributed by atoms with Crippen LogP contribution in [0.15, 0.2) is 10.3 Å². The second-order valence-electron chi connectivity index (χ2n) is 3.37. The molecule has 0 atom stereocenters. The number of carboxylic acids is 1. The number of carbonyl (C=O) groups is 1. The molecule has 1 aromatic rings. The molecular formula is C9H13NO4S2. The molecule has 0 amide bonds. The molecule has 2 N–H and O–H groups in total. The Balaban J connectivity index is 2.78. The van der Waals surface area contributed by atoms with E-state index in [2.05, 4.69) is 4.72 Å². The summed E-state index contributed by atoms with van der Waals surface area (Å²) < 4.78 is 26.0. The summed E-state index contributed by atoms with van der Waals surface area (Å²) in [5.74, 6) is -1.03. The SMILES string of the molecule is Cc1cc(C)c(S(=O)(=O)NCCC(=O)O)s1. The Hall–Kier alpha value is -0.920. The first-order valence-electron chi connectivity index (χ1n) is 4.61. The summed E-state index contributed by atoms with van der Waals surface area (Å²) >= 11 is 1.18. The molecule has 0 aliphatic rings. The summed E-state index contributed by atoms with van der Waals surface area (Å²) in [4.78, 5) is 11.2. The Bertz CT molecular complexity index is 490. The van der Waals surface area contributed by atoms with Crippen LogP contribution in [0.4, 0.5) is 0 Å². The van der Waals surface area contributed by atoms with Gasteiger partial charge >= 0.3 is 5.97 Å². The van der Waals surface area contributed by atoms with E-state index in [1.54, 1.807) is 13.0 Å². The number of thiophene rings is 1. The van der Waals surface area contributed by atoms with Crippen molar-refractivity contribution in [2.45, 2.75) is 24.5 Å². The maximum Gasteiger partial charge on any atom is 0.304 e. The van der Waals surface area contributed by atoms with Crippen molar-refractivity contribution in [2.75, 3.05) is 6.54 Å².